The molecule has 0 aromatic rings. The van der Waals surface area contributed by atoms with Crippen LogP contribution in [0.2, 0.25) is 0 Å². The number of alkyl carbamates (subject to hydrolysis) is 1. The second-order valence-electron chi connectivity index (χ2n) is 16.6. The van der Waals surface area contributed by atoms with Crippen molar-refractivity contribution < 1.29 is 43.2 Å². The summed E-state index contributed by atoms with van der Waals surface area (Å²) in [6, 6.07) is 0. The van der Waals surface area contributed by atoms with E-state index >= 15 is 0 Å². The highest BCUT2D eigenvalue weighted by atomic mass is 16.6. The fourth-order valence-corrected chi connectivity index (χ4v) is 4.73. The van der Waals surface area contributed by atoms with Gasteiger partial charge in [0.05, 0.1) is 6.10 Å². The number of aliphatic hydroxyl groups excluding tert-OH is 1. The molecule has 0 aliphatic carbocycles. The Hall–Kier alpha value is -3.42. The number of hydrogen-bond acceptors (Lipinski definition) is 9. The molecule has 0 atom stereocenters. The van der Waals surface area contributed by atoms with Crippen LogP contribution in [-0.4, -0.2) is 99.2 Å². The molecule has 0 aromatic heterocycles. The molecule has 1 heterocycles. The number of amides is 4. The minimum absolute atomic E-state index is 0.171. The number of ether oxygens (including phenoxy) is 4. The Morgan fingerprint density at radius 2 is 1.10 bits per heavy atom. The topological polar surface area (TPSA) is 169 Å². The van der Waals surface area contributed by atoms with Crippen LogP contribution in [-0.2, 0) is 18.9 Å². The predicted molar refractivity (Wildman–Crippen MR) is 193 cm³/mol. The first-order valence-corrected chi connectivity index (χ1v) is 17.9. The molecule has 0 spiro atoms. The number of carbonyl (C=O) groups is 4. The van der Waals surface area contributed by atoms with Crippen molar-refractivity contribution >= 4 is 36.2 Å². The summed E-state index contributed by atoms with van der Waals surface area (Å²) in [7, 11) is 0. The number of nitrogens with zero attached hydrogens (tertiary/aromatic N) is 4. The summed E-state index contributed by atoms with van der Waals surface area (Å²) < 4.78 is 21.8. The van der Waals surface area contributed by atoms with Crippen molar-refractivity contribution in [3.8, 4) is 0 Å². The van der Waals surface area contributed by atoms with E-state index in [-0.39, 0.29) is 18.3 Å². The largest absolute Gasteiger partial charge is 0.444 e. The van der Waals surface area contributed by atoms with Crippen LogP contribution in [0, 0.1) is 0 Å². The summed E-state index contributed by atoms with van der Waals surface area (Å²) in [5.41, 5.74) is -2.94. The van der Waals surface area contributed by atoms with Gasteiger partial charge in [-0.3, -0.25) is 5.32 Å². The number of amidine groups is 1. The van der Waals surface area contributed by atoms with Crippen LogP contribution >= 0.6 is 0 Å². The zero-order chi connectivity index (χ0) is 38.3. The molecule has 1 aliphatic rings. The van der Waals surface area contributed by atoms with Gasteiger partial charge < -0.3 is 29.0 Å². The lowest BCUT2D eigenvalue weighted by molar-refractivity contribution is 0.0329. The molecule has 0 unspecified atom stereocenters. The Morgan fingerprint density at radius 1 is 0.660 bits per heavy atom. The van der Waals surface area contributed by atoms with Crippen molar-refractivity contribution in [1.82, 2.24) is 15.1 Å². The highest BCUT2D eigenvalue weighted by Crippen LogP contribution is 2.19. The van der Waals surface area contributed by atoms with Gasteiger partial charge in [0.25, 0.3) is 0 Å². The number of rotatable bonds is 10. The van der Waals surface area contributed by atoms with E-state index in [4.69, 9.17) is 18.9 Å². The molecule has 0 bridgehead atoms. The van der Waals surface area contributed by atoms with Crippen LogP contribution < -0.4 is 5.32 Å². The minimum Gasteiger partial charge on any atom is -0.444 e. The Bertz CT molecular complexity index is 1170. The van der Waals surface area contributed by atoms with E-state index in [9.17, 15) is 24.3 Å². The van der Waals surface area contributed by atoms with Crippen molar-refractivity contribution in [2.45, 2.75) is 176 Å². The van der Waals surface area contributed by atoms with E-state index < -0.39 is 52.9 Å². The summed E-state index contributed by atoms with van der Waals surface area (Å²) in [5.74, 6) is 0.368. The fourth-order valence-electron chi connectivity index (χ4n) is 4.73. The average Bonchev–Trinajstić information content (AvgIpc) is 2.89. The molecule has 14 nitrogen and oxygen atoms in total. The normalized spacial score (nSPS) is 15.3. The first-order chi connectivity index (χ1) is 22.8. The lowest BCUT2D eigenvalue weighted by atomic mass is 10.1. The predicted octanol–water partition coefficient (Wildman–Crippen LogP) is 7.95. The van der Waals surface area contributed by atoms with Gasteiger partial charge in [-0.05, 0) is 109 Å². The van der Waals surface area contributed by atoms with Crippen LogP contribution in [0.15, 0.2) is 9.98 Å². The van der Waals surface area contributed by atoms with E-state index in [0.717, 1.165) is 32.1 Å². The highest BCUT2D eigenvalue weighted by Gasteiger charge is 2.32. The van der Waals surface area contributed by atoms with Crippen LogP contribution in [0.25, 0.3) is 0 Å². The second kappa shape index (κ2) is 19.8. The molecule has 50 heavy (non-hydrogen) atoms. The number of aliphatic imine (C=N–C) groups is 2. The van der Waals surface area contributed by atoms with Gasteiger partial charge in [-0.1, -0.05) is 32.1 Å². The van der Waals surface area contributed by atoms with Gasteiger partial charge in [0.1, 0.15) is 28.2 Å². The molecule has 1 rings (SSSR count). The van der Waals surface area contributed by atoms with Gasteiger partial charge in [-0.25, -0.2) is 24.1 Å². The Labute approximate surface area is 299 Å². The number of guanidine groups is 1. The molecule has 1 aliphatic heterocycles. The van der Waals surface area contributed by atoms with Crippen molar-refractivity contribution in [3.63, 3.8) is 0 Å². The van der Waals surface area contributed by atoms with Crippen molar-refractivity contribution in [2.24, 2.45) is 9.98 Å². The molecular weight excluding hydrogens is 646 g/mol. The molecule has 0 radical (unpaired) electrons. The third-order valence-corrected chi connectivity index (χ3v) is 6.75. The van der Waals surface area contributed by atoms with Crippen molar-refractivity contribution in [3.05, 3.63) is 0 Å². The number of unbranched alkanes of at least 4 members (excludes halogenated alkanes) is 6. The van der Waals surface area contributed by atoms with Gasteiger partial charge in [0, 0.05) is 26.1 Å². The third-order valence-electron chi connectivity index (χ3n) is 6.75. The first-order valence-electron chi connectivity index (χ1n) is 17.9. The maximum absolute atomic E-state index is 13.5. The standard InChI is InChI=1S/C36H65N5O9/c1-33(2,3)47-29(43)37-27(38-30(44)48-34(4,5)6)20-18-16-14-13-15-17-19-23-41(32(46)50-36(10,11)12)28(39-31(45)49-35(7,8)9)40-24-21-26(42)22-25-40/h26,42H,13-25H2,1-12H3,(H,37,38,43,44). The molecule has 288 valence electrons. The monoisotopic (exact) mass is 711 g/mol. The summed E-state index contributed by atoms with van der Waals surface area (Å²) in [5, 5.41) is 12.7. The van der Waals surface area contributed by atoms with Crippen LogP contribution in [0.1, 0.15) is 147 Å². The zero-order valence-corrected chi connectivity index (χ0v) is 32.8. The lowest BCUT2D eigenvalue weighted by Crippen LogP contribution is -2.52. The lowest BCUT2D eigenvalue weighted by Gasteiger charge is -2.37. The first kappa shape index (κ1) is 44.6. The van der Waals surface area contributed by atoms with Gasteiger partial charge in [0.15, 0.2) is 0 Å². The van der Waals surface area contributed by atoms with E-state index in [1.54, 1.807) is 83.1 Å². The summed E-state index contributed by atoms with van der Waals surface area (Å²) in [4.78, 5) is 62.4. The Balaban J connectivity index is 2.83. The zero-order valence-electron chi connectivity index (χ0n) is 32.8. The molecule has 1 fully saturated rings. The van der Waals surface area contributed by atoms with Crippen molar-refractivity contribution in [1.29, 1.82) is 0 Å². The average molecular weight is 712 g/mol. The van der Waals surface area contributed by atoms with Gasteiger partial charge in [0.2, 0.25) is 5.96 Å². The molecule has 1 saturated heterocycles. The number of hydrogen-bond donors (Lipinski definition) is 2. The number of carbonyl (C=O) groups excluding carboxylic acids is 4. The SMILES string of the molecule is CC(C)(C)OC(=O)N=C(CCCCCCCCCN(C(=O)OC(C)(C)C)C(=NC(=O)OC(C)(C)C)N1CCC(O)CC1)NC(=O)OC(C)(C)C. The fraction of sp³-hybridized carbons (Fsp3) is 0.833. The van der Waals surface area contributed by atoms with E-state index in [1.165, 1.54) is 4.90 Å². The quantitative estimate of drug-likeness (QED) is 0.0982. The smallest absolute Gasteiger partial charge is 0.437 e. The third kappa shape index (κ3) is 21.6. The van der Waals surface area contributed by atoms with Crippen molar-refractivity contribution in [2.75, 3.05) is 19.6 Å². The maximum Gasteiger partial charge on any atom is 0.437 e. The number of likely N-dealkylation sites (tertiary alicyclic amines) is 1. The maximum atomic E-state index is 13.5. The number of aliphatic hydroxyl groups is 1. The minimum atomic E-state index is -0.798. The molecule has 2 N–H and O–H groups in total. The van der Waals surface area contributed by atoms with Crippen LogP contribution in [0.3, 0.4) is 0 Å². The molecular formula is C36H65N5O9. The second-order valence-corrected chi connectivity index (χ2v) is 16.6. The van der Waals surface area contributed by atoms with E-state index in [0.29, 0.717) is 45.2 Å². The molecule has 4 amide bonds. The number of piperidine rings is 1. The Morgan fingerprint density at radius 3 is 1.58 bits per heavy atom. The van der Waals surface area contributed by atoms with Gasteiger partial charge in [-0.2, -0.15) is 4.99 Å². The van der Waals surface area contributed by atoms with E-state index in [1.807, 2.05) is 4.90 Å². The summed E-state index contributed by atoms with van der Waals surface area (Å²) in [6.45, 7) is 22.2. The van der Waals surface area contributed by atoms with Gasteiger partial charge in [-0.15, -0.1) is 4.99 Å². The molecule has 0 saturated carbocycles. The van der Waals surface area contributed by atoms with E-state index in [2.05, 4.69) is 15.3 Å². The number of nitrogens with one attached hydrogen (secondary N) is 1. The molecule has 0 aromatic carbocycles. The van der Waals surface area contributed by atoms with Gasteiger partial charge >= 0.3 is 24.4 Å². The Kier molecular flexibility index (Phi) is 17.7. The summed E-state index contributed by atoms with van der Waals surface area (Å²) >= 11 is 0. The summed E-state index contributed by atoms with van der Waals surface area (Å²) in [6.07, 6.45) is 3.81. The van der Waals surface area contributed by atoms with Crippen LogP contribution in [0.5, 0.6) is 0 Å². The molecule has 14 heteroatoms. The van der Waals surface area contributed by atoms with Crippen LogP contribution in [0.4, 0.5) is 19.2 Å². The highest BCUT2D eigenvalue weighted by molar-refractivity contribution is 6.00.